The molecule has 0 spiro atoms. The van der Waals surface area contributed by atoms with E-state index in [1.54, 1.807) is 11.8 Å². The molecular weight excluding hydrogens is 186 g/mol. The SMILES string of the molecule is CCNC(=O)CNC1=NCC(C)S1. The van der Waals surface area contributed by atoms with Crippen LogP contribution in [0.4, 0.5) is 0 Å². The van der Waals surface area contributed by atoms with Crippen LogP contribution in [0.25, 0.3) is 0 Å². The summed E-state index contributed by atoms with van der Waals surface area (Å²) in [7, 11) is 0. The van der Waals surface area contributed by atoms with E-state index in [2.05, 4.69) is 22.5 Å². The standard InChI is InChI=1S/C8H15N3OS/c1-3-9-7(12)5-11-8-10-4-6(2)13-8/h6H,3-5H2,1-2H3,(H,9,12)(H,10,11). The number of likely N-dealkylation sites (N-methyl/N-ethyl adjacent to an activating group) is 1. The van der Waals surface area contributed by atoms with Crippen molar-refractivity contribution in [2.75, 3.05) is 19.6 Å². The molecule has 0 aromatic rings. The lowest BCUT2D eigenvalue weighted by atomic mass is 10.5. The van der Waals surface area contributed by atoms with Crippen molar-refractivity contribution in [3.8, 4) is 0 Å². The van der Waals surface area contributed by atoms with Gasteiger partial charge in [0.1, 0.15) is 0 Å². The zero-order chi connectivity index (χ0) is 9.68. The molecule has 0 aromatic carbocycles. The number of hydrogen-bond donors (Lipinski definition) is 2. The van der Waals surface area contributed by atoms with Gasteiger partial charge in [-0.2, -0.15) is 0 Å². The smallest absolute Gasteiger partial charge is 0.239 e. The van der Waals surface area contributed by atoms with Crippen molar-refractivity contribution < 1.29 is 4.79 Å². The highest BCUT2D eigenvalue weighted by molar-refractivity contribution is 8.14. The van der Waals surface area contributed by atoms with Gasteiger partial charge >= 0.3 is 0 Å². The zero-order valence-electron chi connectivity index (χ0n) is 7.96. The highest BCUT2D eigenvalue weighted by atomic mass is 32.2. The van der Waals surface area contributed by atoms with Crippen LogP contribution in [0.5, 0.6) is 0 Å². The first kappa shape index (κ1) is 10.4. The fourth-order valence-electron chi connectivity index (χ4n) is 0.990. The molecule has 1 aliphatic rings. The Labute approximate surface area is 82.6 Å². The maximum Gasteiger partial charge on any atom is 0.239 e. The van der Waals surface area contributed by atoms with Crippen molar-refractivity contribution in [1.29, 1.82) is 0 Å². The third kappa shape index (κ3) is 3.67. The molecule has 0 aliphatic carbocycles. The van der Waals surface area contributed by atoms with Crippen LogP contribution < -0.4 is 10.6 Å². The normalized spacial score (nSPS) is 21.1. The summed E-state index contributed by atoms with van der Waals surface area (Å²) in [6.45, 7) is 5.88. The minimum atomic E-state index is 0.0188. The number of aliphatic imine (C=N–C) groups is 1. The van der Waals surface area contributed by atoms with Gasteiger partial charge in [-0.1, -0.05) is 18.7 Å². The number of hydrogen-bond acceptors (Lipinski definition) is 4. The molecule has 0 bridgehead atoms. The summed E-state index contributed by atoms with van der Waals surface area (Å²) in [5.74, 6) is 0.0188. The topological polar surface area (TPSA) is 53.5 Å². The molecular formula is C8H15N3OS. The second kappa shape index (κ2) is 5.11. The van der Waals surface area contributed by atoms with Gasteiger partial charge in [0.2, 0.25) is 5.91 Å². The van der Waals surface area contributed by atoms with Crippen LogP contribution in [0, 0.1) is 0 Å². The average Bonchev–Trinajstić information content (AvgIpc) is 2.49. The van der Waals surface area contributed by atoms with Crippen LogP contribution in [0.2, 0.25) is 0 Å². The van der Waals surface area contributed by atoms with Gasteiger partial charge in [0.25, 0.3) is 0 Å². The number of nitrogens with zero attached hydrogens (tertiary/aromatic N) is 1. The molecule has 1 rings (SSSR count). The van der Waals surface area contributed by atoms with Crippen LogP contribution in [0.3, 0.4) is 0 Å². The van der Waals surface area contributed by atoms with E-state index in [-0.39, 0.29) is 5.91 Å². The molecule has 4 nitrogen and oxygen atoms in total. The number of amidine groups is 1. The largest absolute Gasteiger partial charge is 0.356 e. The maximum atomic E-state index is 11.0. The molecule has 2 N–H and O–H groups in total. The number of nitrogens with one attached hydrogen (secondary N) is 2. The van der Waals surface area contributed by atoms with Crippen molar-refractivity contribution in [3.05, 3.63) is 0 Å². The van der Waals surface area contributed by atoms with Crippen molar-refractivity contribution in [1.82, 2.24) is 10.6 Å². The van der Waals surface area contributed by atoms with E-state index in [1.165, 1.54) is 0 Å². The predicted octanol–water partition coefficient (Wildman–Crippen LogP) is 0.203. The van der Waals surface area contributed by atoms with Gasteiger partial charge in [-0.05, 0) is 6.92 Å². The van der Waals surface area contributed by atoms with E-state index < -0.39 is 0 Å². The molecule has 0 aromatic heterocycles. The van der Waals surface area contributed by atoms with Gasteiger partial charge < -0.3 is 10.6 Å². The maximum absolute atomic E-state index is 11.0. The van der Waals surface area contributed by atoms with Gasteiger partial charge in [0, 0.05) is 11.8 Å². The Morgan fingerprint density at radius 2 is 2.54 bits per heavy atom. The third-order valence-corrected chi connectivity index (χ3v) is 2.63. The first-order valence-corrected chi connectivity index (χ1v) is 5.32. The fourth-order valence-corrected chi connectivity index (χ4v) is 1.82. The van der Waals surface area contributed by atoms with Crippen molar-refractivity contribution in [2.24, 2.45) is 4.99 Å². The molecule has 1 heterocycles. The minimum Gasteiger partial charge on any atom is -0.356 e. The summed E-state index contributed by atoms with van der Waals surface area (Å²) in [6.07, 6.45) is 0. The van der Waals surface area contributed by atoms with Crippen LogP contribution in [0.1, 0.15) is 13.8 Å². The van der Waals surface area contributed by atoms with Crippen LogP contribution in [0.15, 0.2) is 4.99 Å². The summed E-state index contributed by atoms with van der Waals surface area (Å²) in [5.41, 5.74) is 0. The molecule has 1 aliphatic heterocycles. The van der Waals surface area contributed by atoms with Crippen LogP contribution in [-0.2, 0) is 4.79 Å². The lowest BCUT2D eigenvalue weighted by Gasteiger charge is -2.05. The Kier molecular flexibility index (Phi) is 4.08. The molecule has 0 radical (unpaired) electrons. The second-order valence-electron chi connectivity index (χ2n) is 2.88. The van der Waals surface area contributed by atoms with E-state index >= 15 is 0 Å². The molecule has 0 saturated carbocycles. The molecule has 0 fully saturated rings. The first-order valence-electron chi connectivity index (χ1n) is 4.44. The monoisotopic (exact) mass is 201 g/mol. The van der Waals surface area contributed by atoms with Crippen molar-refractivity contribution in [2.45, 2.75) is 19.1 Å². The Morgan fingerprint density at radius 1 is 1.77 bits per heavy atom. The van der Waals surface area contributed by atoms with Gasteiger partial charge in [0.15, 0.2) is 5.17 Å². The van der Waals surface area contributed by atoms with Gasteiger partial charge in [0.05, 0.1) is 13.1 Å². The quantitative estimate of drug-likeness (QED) is 0.686. The van der Waals surface area contributed by atoms with Gasteiger partial charge in [-0.3, -0.25) is 9.79 Å². The van der Waals surface area contributed by atoms with E-state index in [4.69, 9.17) is 0 Å². The fraction of sp³-hybridized carbons (Fsp3) is 0.750. The highest BCUT2D eigenvalue weighted by Crippen LogP contribution is 2.17. The van der Waals surface area contributed by atoms with E-state index in [0.717, 1.165) is 11.7 Å². The summed E-state index contributed by atoms with van der Waals surface area (Å²) in [4.78, 5) is 15.3. The Balaban J connectivity index is 2.16. The molecule has 5 heteroatoms. The lowest BCUT2D eigenvalue weighted by Crippen LogP contribution is -2.35. The minimum absolute atomic E-state index is 0.0188. The van der Waals surface area contributed by atoms with Crippen LogP contribution >= 0.6 is 11.8 Å². The molecule has 1 amide bonds. The molecule has 13 heavy (non-hydrogen) atoms. The van der Waals surface area contributed by atoms with Crippen molar-refractivity contribution >= 4 is 22.8 Å². The number of thioether (sulfide) groups is 1. The van der Waals surface area contributed by atoms with E-state index in [0.29, 0.717) is 18.3 Å². The zero-order valence-corrected chi connectivity index (χ0v) is 8.78. The van der Waals surface area contributed by atoms with Crippen LogP contribution in [-0.4, -0.2) is 36.0 Å². The van der Waals surface area contributed by atoms with Gasteiger partial charge in [-0.25, -0.2) is 0 Å². The van der Waals surface area contributed by atoms with E-state index in [9.17, 15) is 4.79 Å². The molecule has 1 atom stereocenters. The number of amides is 1. The molecule has 74 valence electrons. The Hall–Kier alpha value is -0.710. The summed E-state index contributed by atoms with van der Waals surface area (Å²) < 4.78 is 0. The highest BCUT2D eigenvalue weighted by Gasteiger charge is 2.14. The Bertz CT molecular complexity index is 217. The number of carbonyl (C=O) groups is 1. The van der Waals surface area contributed by atoms with Crippen molar-refractivity contribution in [3.63, 3.8) is 0 Å². The number of rotatable bonds is 3. The molecule has 1 unspecified atom stereocenters. The predicted molar refractivity (Wildman–Crippen MR) is 56.0 cm³/mol. The van der Waals surface area contributed by atoms with E-state index in [1.807, 2.05) is 6.92 Å². The lowest BCUT2D eigenvalue weighted by molar-refractivity contribution is -0.119. The summed E-state index contributed by atoms with van der Waals surface area (Å²) in [6, 6.07) is 0. The van der Waals surface area contributed by atoms with Gasteiger partial charge in [-0.15, -0.1) is 0 Å². The number of carbonyl (C=O) groups excluding carboxylic acids is 1. The third-order valence-electron chi connectivity index (χ3n) is 1.58. The summed E-state index contributed by atoms with van der Waals surface area (Å²) in [5, 5.41) is 7.14. The summed E-state index contributed by atoms with van der Waals surface area (Å²) >= 11 is 1.68. The first-order chi connectivity index (χ1) is 6.22. The second-order valence-corrected chi connectivity index (χ2v) is 4.31. The molecule has 0 saturated heterocycles. The average molecular weight is 201 g/mol. The Morgan fingerprint density at radius 3 is 3.08 bits per heavy atom.